The van der Waals surface area contributed by atoms with Crippen LogP contribution in [0.1, 0.15) is 33.1 Å². The minimum atomic E-state index is -2.98. The van der Waals surface area contributed by atoms with E-state index in [4.69, 9.17) is 11.6 Å². The topological polar surface area (TPSA) is 57.7 Å². The lowest BCUT2D eigenvalue weighted by molar-refractivity contribution is -0.138. The Morgan fingerprint density at radius 1 is 1.23 bits per heavy atom. The molecule has 144 valence electrons. The van der Waals surface area contributed by atoms with E-state index in [2.05, 4.69) is 18.7 Å². The van der Waals surface area contributed by atoms with Gasteiger partial charge in [0.25, 0.3) is 0 Å². The van der Waals surface area contributed by atoms with Crippen LogP contribution in [-0.4, -0.2) is 55.9 Å². The summed E-state index contributed by atoms with van der Waals surface area (Å²) in [6, 6.07) is 7.77. The molecule has 2 aliphatic heterocycles. The van der Waals surface area contributed by atoms with Gasteiger partial charge in [-0.1, -0.05) is 11.6 Å². The number of rotatable bonds is 3. The molecule has 2 saturated heterocycles. The monoisotopic (exact) mass is 398 g/mol. The molecule has 0 aromatic heterocycles. The van der Waals surface area contributed by atoms with Gasteiger partial charge in [-0.25, -0.2) is 8.42 Å². The van der Waals surface area contributed by atoms with Crippen LogP contribution >= 0.6 is 11.6 Å². The number of sulfone groups is 1. The van der Waals surface area contributed by atoms with Gasteiger partial charge in [0.1, 0.15) is 0 Å². The number of amides is 1. The molecule has 26 heavy (non-hydrogen) atoms. The maximum absolute atomic E-state index is 12.9. The lowest BCUT2D eigenvalue weighted by Crippen LogP contribution is -2.61. The highest BCUT2D eigenvalue weighted by Crippen LogP contribution is 2.29. The van der Waals surface area contributed by atoms with Crippen LogP contribution in [0.3, 0.4) is 0 Å². The van der Waals surface area contributed by atoms with Crippen molar-refractivity contribution in [1.82, 2.24) is 4.90 Å². The second kappa shape index (κ2) is 7.39. The third-order valence-corrected chi connectivity index (χ3v) is 7.56. The van der Waals surface area contributed by atoms with Crippen molar-refractivity contribution in [3.8, 4) is 0 Å². The molecular weight excluding hydrogens is 372 g/mol. The Kier molecular flexibility index (Phi) is 5.54. The van der Waals surface area contributed by atoms with Crippen LogP contribution in [-0.2, 0) is 14.6 Å². The first-order valence-electron chi connectivity index (χ1n) is 9.18. The summed E-state index contributed by atoms with van der Waals surface area (Å²) in [5.74, 6) is 0.464. The molecule has 5 nitrogen and oxygen atoms in total. The summed E-state index contributed by atoms with van der Waals surface area (Å²) in [4.78, 5) is 17.1. The molecule has 2 fully saturated rings. The van der Waals surface area contributed by atoms with Crippen molar-refractivity contribution < 1.29 is 13.2 Å². The number of hydrogen-bond acceptors (Lipinski definition) is 4. The van der Waals surface area contributed by atoms with E-state index in [-0.39, 0.29) is 28.9 Å². The van der Waals surface area contributed by atoms with E-state index in [0.717, 1.165) is 25.2 Å². The van der Waals surface area contributed by atoms with Gasteiger partial charge in [0, 0.05) is 36.8 Å². The highest BCUT2D eigenvalue weighted by Gasteiger charge is 2.38. The Morgan fingerprint density at radius 3 is 2.54 bits per heavy atom. The number of hydrogen-bond donors (Lipinski definition) is 0. The molecule has 1 aromatic rings. The van der Waals surface area contributed by atoms with E-state index < -0.39 is 9.84 Å². The van der Waals surface area contributed by atoms with Crippen molar-refractivity contribution in [3.05, 3.63) is 29.3 Å². The average molecular weight is 399 g/mol. The van der Waals surface area contributed by atoms with Gasteiger partial charge in [0.2, 0.25) is 5.91 Å². The van der Waals surface area contributed by atoms with Crippen molar-refractivity contribution in [2.75, 3.05) is 36.0 Å². The van der Waals surface area contributed by atoms with Crippen LogP contribution in [0.2, 0.25) is 5.02 Å². The minimum Gasteiger partial charge on any atom is -0.367 e. The normalized spacial score (nSPS) is 25.1. The van der Waals surface area contributed by atoms with E-state index in [9.17, 15) is 13.2 Å². The van der Waals surface area contributed by atoms with Gasteiger partial charge in [-0.05, 0) is 56.9 Å². The Hall–Kier alpha value is -1.27. The molecule has 2 heterocycles. The summed E-state index contributed by atoms with van der Waals surface area (Å²) in [7, 11) is -2.98. The SMILES string of the molecule is CC1(C)CN(c2ccc(Cl)cc2)CCN1C(=O)CC1CCCS(=O)(=O)C1. The number of carbonyl (C=O) groups is 1. The highest BCUT2D eigenvalue weighted by atomic mass is 35.5. The number of anilines is 1. The standard InChI is InChI=1S/C19H27ClN2O3S/c1-19(2)14-21(17-7-5-16(20)6-8-17)9-10-22(19)18(23)12-15-4-3-11-26(24,25)13-15/h5-8,15H,3-4,9-14H2,1-2H3. The summed E-state index contributed by atoms with van der Waals surface area (Å²) in [5.41, 5.74) is 0.802. The summed E-state index contributed by atoms with van der Waals surface area (Å²) >= 11 is 5.97. The van der Waals surface area contributed by atoms with Crippen LogP contribution in [0.5, 0.6) is 0 Å². The zero-order chi connectivity index (χ0) is 18.9. The van der Waals surface area contributed by atoms with Crippen LogP contribution in [0.25, 0.3) is 0 Å². The maximum atomic E-state index is 12.9. The minimum absolute atomic E-state index is 0.0358. The van der Waals surface area contributed by atoms with Crippen molar-refractivity contribution >= 4 is 33.0 Å². The van der Waals surface area contributed by atoms with Gasteiger partial charge < -0.3 is 9.80 Å². The van der Waals surface area contributed by atoms with Gasteiger partial charge in [-0.3, -0.25) is 4.79 Å². The average Bonchev–Trinajstić information content (AvgIpc) is 2.53. The predicted octanol–water partition coefficient (Wildman–Crippen LogP) is 2.98. The van der Waals surface area contributed by atoms with Crippen molar-refractivity contribution in [2.45, 2.75) is 38.6 Å². The lowest BCUT2D eigenvalue weighted by atomic mass is 9.95. The third kappa shape index (κ3) is 4.52. The molecule has 2 aliphatic rings. The van der Waals surface area contributed by atoms with Crippen LogP contribution in [0, 0.1) is 5.92 Å². The Labute approximate surface area is 161 Å². The molecule has 0 radical (unpaired) electrons. The van der Waals surface area contributed by atoms with Crippen molar-refractivity contribution in [1.29, 1.82) is 0 Å². The Bertz CT molecular complexity index is 761. The second-order valence-corrected chi connectivity index (χ2v) is 10.7. The first kappa shape index (κ1) is 19.5. The number of piperazine rings is 1. The second-order valence-electron chi connectivity index (χ2n) is 8.08. The van der Waals surface area contributed by atoms with Gasteiger partial charge in [0.05, 0.1) is 17.0 Å². The Morgan fingerprint density at radius 2 is 1.92 bits per heavy atom. The van der Waals surface area contributed by atoms with Crippen LogP contribution in [0.4, 0.5) is 5.69 Å². The molecule has 1 aromatic carbocycles. The van der Waals surface area contributed by atoms with Crippen molar-refractivity contribution in [2.24, 2.45) is 5.92 Å². The molecule has 1 amide bonds. The summed E-state index contributed by atoms with van der Waals surface area (Å²) in [5, 5.41) is 0.712. The molecule has 0 saturated carbocycles. The summed E-state index contributed by atoms with van der Waals surface area (Å²) < 4.78 is 23.7. The van der Waals surface area contributed by atoms with Crippen LogP contribution in [0.15, 0.2) is 24.3 Å². The van der Waals surface area contributed by atoms with E-state index in [1.807, 2.05) is 29.2 Å². The predicted molar refractivity (Wildman–Crippen MR) is 105 cm³/mol. The van der Waals surface area contributed by atoms with E-state index in [0.29, 0.717) is 24.4 Å². The Balaban J connectivity index is 1.64. The molecule has 1 unspecified atom stereocenters. The number of nitrogens with zero attached hydrogens (tertiary/aromatic N) is 2. The maximum Gasteiger partial charge on any atom is 0.223 e. The summed E-state index contributed by atoms with van der Waals surface area (Å²) in [6.07, 6.45) is 1.84. The molecule has 0 aliphatic carbocycles. The number of halogens is 1. The fourth-order valence-corrected chi connectivity index (χ4v) is 6.03. The lowest BCUT2D eigenvalue weighted by Gasteiger charge is -2.48. The number of carbonyl (C=O) groups excluding carboxylic acids is 1. The largest absolute Gasteiger partial charge is 0.367 e. The zero-order valence-corrected chi connectivity index (χ0v) is 17.0. The molecule has 0 bridgehead atoms. The van der Waals surface area contributed by atoms with Crippen molar-refractivity contribution in [3.63, 3.8) is 0 Å². The first-order chi connectivity index (χ1) is 12.2. The molecule has 7 heteroatoms. The third-order valence-electron chi connectivity index (χ3n) is 5.42. The molecular formula is C19H27ClN2O3S. The summed E-state index contributed by atoms with van der Waals surface area (Å²) in [6.45, 7) is 6.30. The zero-order valence-electron chi connectivity index (χ0n) is 15.4. The highest BCUT2D eigenvalue weighted by molar-refractivity contribution is 7.91. The molecule has 3 rings (SSSR count). The molecule has 0 N–H and O–H groups in total. The van der Waals surface area contributed by atoms with Crippen LogP contribution < -0.4 is 4.90 Å². The number of benzene rings is 1. The molecule has 1 atom stereocenters. The van der Waals surface area contributed by atoms with E-state index >= 15 is 0 Å². The first-order valence-corrected chi connectivity index (χ1v) is 11.4. The van der Waals surface area contributed by atoms with E-state index in [1.165, 1.54) is 0 Å². The fraction of sp³-hybridized carbons (Fsp3) is 0.632. The molecule has 0 spiro atoms. The van der Waals surface area contributed by atoms with Gasteiger partial charge in [-0.2, -0.15) is 0 Å². The van der Waals surface area contributed by atoms with Gasteiger partial charge in [-0.15, -0.1) is 0 Å². The quantitative estimate of drug-likeness (QED) is 0.785. The van der Waals surface area contributed by atoms with Gasteiger partial charge >= 0.3 is 0 Å². The van der Waals surface area contributed by atoms with E-state index in [1.54, 1.807) is 0 Å². The van der Waals surface area contributed by atoms with Gasteiger partial charge in [0.15, 0.2) is 9.84 Å². The fourth-order valence-electron chi connectivity index (χ4n) is 4.13. The smallest absolute Gasteiger partial charge is 0.223 e.